The first-order chi connectivity index (χ1) is 27.3. The summed E-state index contributed by atoms with van der Waals surface area (Å²) in [6, 6.07) is 76.3. The molecule has 9 aromatic carbocycles. The van der Waals surface area contributed by atoms with Gasteiger partial charge in [-0.25, -0.2) is 0 Å². The third kappa shape index (κ3) is 3.42. The molecule has 0 bridgehead atoms. The van der Waals surface area contributed by atoms with E-state index >= 15 is 0 Å². The van der Waals surface area contributed by atoms with E-state index in [1.165, 1.54) is 104 Å². The van der Waals surface area contributed by atoms with Crippen LogP contribution >= 0.6 is 0 Å². The predicted molar refractivity (Wildman–Crippen MR) is 231 cm³/mol. The summed E-state index contributed by atoms with van der Waals surface area (Å²) < 4.78 is 0. The number of hydrogen-bond donors (Lipinski definition) is 0. The Morgan fingerprint density at radius 2 is 0.836 bits per heavy atom. The van der Waals surface area contributed by atoms with E-state index in [1.54, 1.807) is 0 Å². The number of anilines is 3. The minimum atomic E-state index is -2.61. The molecule has 3 aliphatic heterocycles. The molecule has 0 saturated heterocycles. The van der Waals surface area contributed by atoms with Gasteiger partial charge in [-0.2, -0.15) is 0 Å². The SMILES string of the molecule is c1ccc2c(c1)-c1c(ccc3ccccc13)C21c2ccccc2N(c2ccc3c(c2)[Si]2(c4ccccc4-c4ccccc42)c2ccccc2-3)c2ccccc21. The summed E-state index contributed by atoms with van der Waals surface area (Å²) in [5, 5.41) is 8.59. The first kappa shape index (κ1) is 29.7. The summed E-state index contributed by atoms with van der Waals surface area (Å²) in [6.45, 7) is 0. The maximum atomic E-state index is 2.58. The molecule has 2 heteroatoms. The second kappa shape index (κ2) is 10.5. The van der Waals surface area contributed by atoms with Gasteiger partial charge in [-0.05, 0) is 111 Å². The van der Waals surface area contributed by atoms with Crippen LogP contribution in [0.4, 0.5) is 17.1 Å². The number of hydrogen-bond acceptors (Lipinski definition) is 1. The molecule has 3 heterocycles. The lowest BCUT2D eigenvalue weighted by Crippen LogP contribution is -2.70. The van der Waals surface area contributed by atoms with E-state index in [-0.39, 0.29) is 0 Å². The summed E-state index contributed by atoms with van der Waals surface area (Å²) >= 11 is 0. The first-order valence-electron chi connectivity index (χ1n) is 19.4. The van der Waals surface area contributed by atoms with Gasteiger partial charge in [-0.15, -0.1) is 0 Å². The van der Waals surface area contributed by atoms with Crippen LogP contribution in [0.1, 0.15) is 22.3 Å². The van der Waals surface area contributed by atoms with E-state index in [9.17, 15) is 0 Å². The predicted octanol–water partition coefficient (Wildman–Crippen LogP) is 10.3. The summed E-state index contributed by atoms with van der Waals surface area (Å²) in [7, 11) is -2.61. The topological polar surface area (TPSA) is 3.24 Å². The summed E-state index contributed by atoms with van der Waals surface area (Å²) in [5.41, 5.74) is 16.8. The average molecular weight is 712 g/mol. The van der Waals surface area contributed by atoms with Crippen molar-refractivity contribution >= 4 is 56.7 Å². The molecule has 0 aromatic heterocycles. The highest BCUT2D eigenvalue weighted by molar-refractivity contribution is 7.24. The molecule has 0 amide bonds. The zero-order valence-electron chi connectivity index (χ0n) is 30.0. The van der Waals surface area contributed by atoms with E-state index in [4.69, 9.17) is 0 Å². The second-order valence-corrected chi connectivity index (χ2v) is 19.1. The van der Waals surface area contributed by atoms with Crippen LogP contribution < -0.4 is 25.6 Å². The molecule has 4 aliphatic rings. The maximum Gasteiger partial charge on any atom is 0.182 e. The molecule has 1 aliphatic carbocycles. The monoisotopic (exact) mass is 711 g/mol. The molecule has 13 rings (SSSR count). The van der Waals surface area contributed by atoms with Crippen LogP contribution in [0, 0.1) is 0 Å². The molecule has 0 atom stereocenters. The summed E-state index contributed by atoms with van der Waals surface area (Å²) in [6.07, 6.45) is 0. The summed E-state index contributed by atoms with van der Waals surface area (Å²) in [5.74, 6) is 0. The van der Waals surface area contributed by atoms with Crippen molar-refractivity contribution in [1.29, 1.82) is 0 Å². The third-order valence-electron chi connectivity index (χ3n) is 13.3. The van der Waals surface area contributed by atoms with Crippen LogP contribution in [-0.2, 0) is 5.41 Å². The third-order valence-corrected chi connectivity index (χ3v) is 18.2. The Labute approximate surface area is 321 Å². The second-order valence-electron chi connectivity index (χ2n) is 15.5. The minimum Gasteiger partial charge on any atom is -0.310 e. The van der Waals surface area contributed by atoms with Gasteiger partial charge >= 0.3 is 0 Å². The Hall–Kier alpha value is -6.74. The lowest BCUT2D eigenvalue weighted by atomic mass is 9.64. The quantitative estimate of drug-likeness (QED) is 0.153. The summed E-state index contributed by atoms with van der Waals surface area (Å²) in [4.78, 5) is 2.57. The van der Waals surface area contributed by atoms with Gasteiger partial charge in [0.15, 0.2) is 8.07 Å². The molecule has 254 valence electrons. The van der Waals surface area contributed by atoms with E-state index in [1.807, 2.05) is 0 Å². The van der Waals surface area contributed by atoms with Crippen molar-refractivity contribution in [3.8, 4) is 33.4 Å². The largest absolute Gasteiger partial charge is 0.310 e. The van der Waals surface area contributed by atoms with Gasteiger partial charge in [0.05, 0.1) is 16.8 Å². The van der Waals surface area contributed by atoms with Crippen molar-refractivity contribution in [2.24, 2.45) is 0 Å². The Morgan fingerprint density at radius 3 is 1.47 bits per heavy atom. The van der Waals surface area contributed by atoms with Gasteiger partial charge in [-0.3, -0.25) is 0 Å². The van der Waals surface area contributed by atoms with Gasteiger partial charge in [-0.1, -0.05) is 176 Å². The standard InChI is InChI=1S/C53H33NSi/c1-2-16-36-34(15-1)29-32-45-52(36)41-20-3-7-21-42(41)53(45)43-22-8-10-24-46(43)54(47-25-11-9-23-44(47)53)35-30-31-40-39-19-6-14-28-50(39)55(51(40)33-35)48-26-12-4-17-37(48)38-18-5-13-27-49(38)55/h1-33H. The maximum absolute atomic E-state index is 2.61. The molecule has 0 unspecified atom stereocenters. The lowest BCUT2D eigenvalue weighted by molar-refractivity contribution is 0.753. The van der Waals surface area contributed by atoms with Gasteiger partial charge in [0, 0.05) is 5.69 Å². The number of fused-ring (bicyclic) bond motifs is 21. The van der Waals surface area contributed by atoms with E-state index in [2.05, 4.69) is 205 Å². The van der Waals surface area contributed by atoms with Gasteiger partial charge in [0.25, 0.3) is 0 Å². The fourth-order valence-corrected chi connectivity index (χ4v) is 17.0. The fraction of sp³-hybridized carbons (Fsp3) is 0.0189. The zero-order chi connectivity index (χ0) is 35.9. The van der Waals surface area contributed by atoms with Crippen LogP contribution in [-0.4, -0.2) is 8.07 Å². The zero-order valence-corrected chi connectivity index (χ0v) is 31.0. The van der Waals surface area contributed by atoms with E-state index in [0.29, 0.717) is 0 Å². The molecule has 0 saturated carbocycles. The lowest BCUT2D eigenvalue weighted by Gasteiger charge is -2.45. The molecule has 1 nitrogen and oxygen atoms in total. The average Bonchev–Trinajstić information content (AvgIpc) is 3.84. The molecular formula is C53H33NSi. The van der Waals surface area contributed by atoms with Crippen LogP contribution in [0.2, 0.25) is 0 Å². The van der Waals surface area contributed by atoms with Crippen molar-refractivity contribution < 1.29 is 0 Å². The van der Waals surface area contributed by atoms with Crippen LogP contribution in [0.3, 0.4) is 0 Å². The van der Waals surface area contributed by atoms with Crippen molar-refractivity contribution in [2.45, 2.75) is 5.41 Å². The number of para-hydroxylation sites is 2. The number of nitrogens with zero attached hydrogens (tertiary/aromatic N) is 1. The molecule has 55 heavy (non-hydrogen) atoms. The molecular weight excluding hydrogens is 679 g/mol. The van der Waals surface area contributed by atoms with Crippen molar-refractivity contribution in [2.75, 3.05) is 4.90 Å². The first-order valence-corrected chi connectivity index (χ1v) is 21.4. The molecule has 0 N–H and O–H groups in total. The van der Waals surface area contributed by atoms with Gasteiger partial charge < -0.3 is 4.90 Å². The highest BCUT2D eigenvalue weighted by Crippen LogP contribution is 2.64. The number of benzene rings is 9. The number of rotatable bonds is 1. The van der Waals surface area contributed by atoms with Crippen molar-refractivity contribution in [3.63, 3.8) is 0 Å². The fourth-order valence-electron chi connectivity index (χ4n) is 11.4. The molecule has 2 spiro atoms. The van der Waals surface area contributed by atoms with Crippen molar-refractivity contribution in [1.82, 2.24) is 0 Å². The van der Waals surface area contributed by atoms with Crippen molar-refractivity contribution in [3.05, 3.63) is 222 Å². The normalized spacial score (nSPS) is 15.2. The highest BCUT2D eigenvalue weighted by Gasteiger charge is 2.55. The van der Waals surface area contributed by atoms with Crippen LogP contribution in [0.5, 0.6) is 0 Å². The Balaban J connectivity index is 1.11. The molecule has 9 aromatic rings. The Morgan fingerprint density at radius 1 is 0.345 bits per heavy atom. The van der Waals surface area contributed by atoms with E-state index < -0.39 is 13.5 Å². The Kier molecular flexibility index (Phi) is 5.65. The van der Waals surface area contributed by atoms with E-state index in [0.717, 1.165) is 0 Å². The highest BCUT2D eigenvalue weighted by atomic mass is 28.3. The smallest absolute Gasteiger partial charge is 0.182 e. The molecule has 0 radical (unpaired) electrons. The van der Waals surface area contributed by atoms with Crippen LogP contribution in [0.25, 0.3) is 44.2 Å². The van der Waals surface area contributed by atoms with Crippen LogP contribution in [0.15, 0.2) is 200 Å². The minimum absolute atomic E-state index is 0.466. The van der Waals surface area contributed by atoms with Gasteiger partial charge in [0.1, 0.15) is 0 Å². The molecule has 0 fully saturated rings. The Bertz CT molecular complexity index is 3020. The van der Waals surface area contributed by atoms with Gasteiger partial charge in [0.2, 0.25) is 0 Å².